The highest BCUT2D eigenvalue weighted by atomic mass is 16.8. The van der Waals surface area contributed by atoms with Gasteiger partial charge in [0.25, 0.3) is 0 Å². The summed E-state index contributed by atoms with van der Waals surface area (Å²) in [4.78, 5) is 44.1. The van der Waals surface area contributed by atoms with E-state index in [-0.39, 0.29) is 25.3 Å². The molecule has 0 aliphatic heterocycles. The van der Waals surface area contributed by atoms with Crippen molar-refractivity contribution in [2.45, 2.75) is 71.6 Å². The average molecular weight is 649 g/mol. The van der Waals surface area contributed by atoms with Crippen molar-refractivity contribution < 1.29 is 38.2 Å². The minimum atomic E-state index is -1.17. The van der Waals surface area contributed by atoms with Crippen LogP contribution in [-0.2, 0) is 23.8 Å². The van der Waals surface area contributed by atoms with Crippen LogP contribution in [0.5, 0.6) is 5.75 Å². The van der Waals surface area contributed by atoms with Gasteiger partial charge in [0.05, 0.1) is 0 Å². The van der Waals surface area contributed by atoms with Crippen molar-refractivity contribution >= 4 is 24.0 Å². The second-order valence-electron chi connectivity index (χ2n) is 12.5. The number of carbonyl (C=O) groups is 3. The molecule has 0 heterocycles. The smallest absolute Gasteiger partial charge is 0.416 e. The number of amidine groups is 1. The van der Waals surface area contributed by atoms with Crippen molar-refractivity contribution in [3.63, 3.8) is 0 Å². The number of alkyl carbamates (subject to hydrolysis) is 1. The molecule has 0 saturated heterocycles. The Morgan fingerprint density at radius 2 is 1.34 bits per heavy atom. The number of nitrogens with one attached hydrogen (secondary N) is 2. The number of rotatable bonds is 12. The molecule has 1 unspecified atom stereocenters. The van der Waals surface area contributed by atoms with Crippen molar-refractivity contribution in [2.24, 2.45) is 5.90 Å². The zero-order valence-corrected chi connectivity index (χ0v) is 27.6. The standard InChI is InChI=1S/C35H44N4O8/c1-34(2,3)45-32(41)38-21-22-39(33(42)46-35(4,5)6)31(36)26-17-19-27(20-18-26)43-29(47-37)23-28(40)44-30(24-13-9-7-10-14-24)25-15-11-8-12-16-25/h7-20,29-30,36H,21-23,37H2,1-6H3,(H,38,41). The van der Waals surface area contributed by atoms with Crippen LogP contribution in [-0.4, -0.2) is 59.5 Å². The molecular weight excluding hydrogens is 604 g/mol. The van der Waals surface area contributed by atoms with Gasteiger partial charge in [0.2, 0.25) is 6.29 Å². The molecular formula is C35H44N4O8. The molecule has 2 amide bonds. The van der Waals surface area contributed by atoms with E-state index in [0.29, 0.717) is 11.3 Å². The first-order chi connectivity index (χ1) is 22.1. The maximum Gasteiger partial charge on any atom is 0.416 e. The summed E-state index contributed by atoms with van der Waals surface area (Å²) in [6.07, 6.45) is -3.52. The predicted octanol–water partition coefficient (Wildman–Crippen LogP) is 6.09. The van der Waals surface area contributed by atoms with Crippen LogP contribution >= 0.6 is 0 Å². The number of carbonyl (C=O) groups excluding carboxylic acids is 3. The van der Waals surface area contributed by atoms with Gasteiger partial charge in [-0.2, -0.15) is 0 Å². The highest BCUT2D eigenvalue weighted by molar-refractivity contribution is 6.04. The monoisotopic (exact) mass is 648 g/mol. The number of nitrogens with zero attached hydrogens (tertiary/aromatic N) is 1. The number of amides is 2. The quantitative estimate of drug-likeness (QED) is 0.0527. The van der Waals surface area contributed by atoms with Gasteiger partial charge in [-0.05, 0) is 76.9 Å². The van der Waals surface area contributed by atoms with Gasteiger partial charge < -0.3 is 24.3 Å². The molecule has 0 aliphatic rings. The van der Waals surface area contributed by atoms with Crippen LogP contribution in [0, 0.1) is 5.41 Å². The van der Waals surface area contributed by atoms with E-state index >= 15 is 0 Å². The van der Waals surface area contributed by atoms with E-state index in [4.69, 9.17) is 35.1 Å². The Kier molecular flexibility index (Phi) is 12.9. The first-order valence-electron chi connectivity index (χ1n) is 15.1. The van der Waals surface area contributed by atoms with Gasteiger partial charge in [-0.15, -0.1) is 0 Å². The molecule has 0 radical (unpaired) electrons. The van der Waals surface area contributed by atoms with Crippen LogP contribution in [0.15, 0.2) is 84.9 Å². The third-order valence-corrected chi connectivity index (χ3v) is 6.22. The van der Waals surface area contributed by atoms with Gasteiger partial charge in [0.15, 0.2) is 6.10 Å². The van der Waals surface area contributed by atoms with Gasteiger partial charge in [-0.25, -0.2) is 15.5 Å². The fourth-order valence-corrected chi connectivity index (χ4v) is 4.21. The van der Waals surface area contributed by atoms with E-state index in [1.165, 1.54) is 0 Å². The van der Waals surface area contributed by atoms with Crippen molar-refractivity contribution in [3.8, 4) is 5.75 Å². The Morgan fingerprint density at radius 3 is 1.83 bits per heavy atom. The molecule has 3 rings (SSSR count). The molecule has 3 aromatic carbocycles. The van der Waals surface area contributed by atoms with Crippen LogP contribution in [0.25, 0.3) is 0 Å². The molecule has 0 aliphatic carbocycles. The Hall–Kier alpha value is -4.94. The van der Waals surface area contributed by atoms with Gasteiger partial charge >= 0.3 is 18.2 Å². The van der Waals surface area contributed by atoms with Crippen LogP contribution in [0.1, 0.15) is 70.8 Å². The van der Waals surface area contributed by atoms with E-state index in [0.717, 1.165) is 16.0 Å². The lowest BCUT2D eigenvalue weighted by molar-refractivity contribution is -0.159. The third-order valence-electron chi connectivity index (χ3n) is 6.22. The van der Waals surface area contributed by atoms with Crippen LogP contribution in [0.4, 0.5) is 9.59 Å². The normalized spacial score (nSPS) is 12.1. The SMILES string of the molecule is CC(C)(C)OC(=O)NCCN(C(=N)c1ccc(OC(CC(=O)OC(c2ccccc2)c2ccccc2)ON)cc1)C(=O)OC(C)(C)C. The Bertz CT molecular complexity index is 1430. The number of esters is 1. The molecule has 12 nitrogen and oxygen atoms in total. The molecule has 252 valence electrons. The molecule has 3 aromatic rings. The molecule has 1 atom stereocenters. The molecule has 47 heavy (non-hydrogen) atoms. The highest BCUT2D eigenvalue weighted by Gasteiger charge is 2.27. The zero-order chi connectivity index (χ0) is 34.6. The maximum atomic E-state index is 13.0. The van der Waals surface area contributed by atoms with Gasteiger partial charge in [-0.3, -0.25) is 19.9 Å². The van der Waals surface area contributed by atoms with Gasteiger partial charge in [-0.1, -0.05) is 60.7 Å². The summed E-state index contributed by atoms with van der Waals surface area (Å²) in [5.74, 6) is 5.00. The minimum Gasteiger partial charge on any atom is -0.463 e. The average Bonchev–Trinajstić information content (AvgIpc) is 3.01. The summed E-state index contributed by atoms with van der Waals surface area (Å²) in [6, 6.07) is 24.9. The number of ether oxygens (including phenoxy) is 4. The number of hydrogen-bond acceptors (Lipinski definition) is 10. The van der Waals surface area contributed by atoms with Crippen LogP contribution in [0.3, 0.4) is 0 Å². The fourth-order valence-electron chi connectivity index (χ4n) is 4.21. The van der Waals surface area contributed by atoms with E-state index in [1.807, 2.05) is 60.7 Å². The molecule has 0 fully saturated rings. The highest BCUT2D eigenvalue weighted by Crippen LogP contribution is 2.27. The third kappa shape index (κ3) is 12.4. The molecule has 0 bridgehead atoms. The molecule has 0 saturated carbocycles. The summed E-state index contributed by atoms with van der Waals surface area (Å²) in [5.41, 5.74) is 0.465. The van der Waals surface area contributed by atoms with Crippen molar-refractivity contribution in [2.75, 3.05) is 13.1 Å². The largest absolute Gasteiger partial charge is 0.463 e. The van der Waals surface area contributed by atoms with Crippen molar-refractivity contribution in [3.05, 3.63) is 102 Å². The zero-order valence-electron chi connectivity index (χ0n) is 27.6. The second-order valence-corrected chi connectivity index (χ2v) is 12.5. The minimum absolute atomic E-state index is 0.0127. The lowest BCUT2D eigenvalue weighted by Gasteiger charge is -2.28. The van der Waals surface area contributed by atoms with E-state index in [1.54, 1.807) is 65.8 Å². The Balaban J connectivity index is 1.66. The van der Waals surface area contributed by atoms with Gasteiger partial charge in [0, 0.05) is 18.7 Å². The molecule has 0 spiro atoms. The first kappa shape index (κ1) is 36.5. The lowest BCUT2D eigenvalue weighted by Crippen LogP contribution is -2.45. The molecule has 12 heteroatoms. The van der Waals surface area contributed by atoms with Crippen molar-refractivity contribution in [1.29, 1.82) is 5.41 Å². The summed E-state index contributed by atoms with van der Waals surface area (Å²) in [6.45, 7) is 10.3. The Labute approximate surface area is 275 Å². The predicted molar refractivity (Wildman–Crippen MR) is 176 cm³/mol. The van der Waals surface area contributed by atoms with E-state index in [2.05, 4.69) is 5.32 Å². The first-order valence-corrected chi connectivity index (χ1v) is 15.1. The number of benzene rings is 3. The van der Waals surface area contributed by atoms with Crippen LogP contribution in [0.2, 0.25) is 0 Å². The summed E-state index contributed by atoms with van der Waals surface area (Å²) in [5, 5.41) is 11.3. The van der Waals surface area contributed by atoms with Crippen LogP contribution < -0.4 is 16.0 Å². The van der Waals surface area contributed by atoms with E-state index < -0.39 is 41.8 Å². The fraction of sp³-hybridized carbons (Fsp3) is 0.371. The number of hydrogen-bond donors (Lipinski definition) is 3. The summed E-state index contributed by atoms with van der Waals surface area (Å²) in [7, 11) is 0. The summed E-state index contributed by atoms with van der Waals surface area (Å²) >= 11 is 0. The Morgan fingerprint density at radius 1 is 0.809 bits per heavy atom. The van der Waals surface area contributed by atoms with E-state index in [9.17, 15) is 14.4 Å². The van der Waals surface area contributed by atoms with Crippen molar-refractivity contribution in [1.82, 2.24) is 10.2 Å². The molecule has 0 aromatic heterocycles. The lowest BCUT2D eigenvalue weighted by atomic mass is 10.0. The molecule has 4 N–H and O–H groups in total. The second kappa shape index (κ2) is 16.6. The maximum absolute atomic E-state index is 13.0. The topological polar surface area (TPSA) is 162 Å². The van der Waals surface area contributed by atoms with Gasteiger partial charge in [0.1, 0.15) is 29.2 Å². The summed E-state index contributed by atoms with van der Waals surface area (Å²) < 4.78 is 22.4. The number of nitrogens with two attached hydrogens (primary N) is 1.